The first-order valence-corrected chi connectivity index (χ1v) is 6.31. The minimum Gasteiger partial charge on any atom is -0.376 e. The summed E-state index contributed by atoms with van der Waals surface area (Å²) in [5.74, 6) is -0.0515. The third-order valence-electron chi connectivity index (χ3n) is 3.02. The monoisotopic (exact) mass is 254 g/mol. The number of carbonyl (C=O) groups excluding carboxylic acids is 1. The lowest BCUT2D eigenvalue weighted by Crippen LogP contribution is -2.21. The molecule has 0 saturated heterocycles. The number of hydrogen-bond acceptors (Lipinski definition) is 2. The Balaban J connectivity index is 1.88. The maximum atomic E-state index is 11.8. The number of benzene rings is 2. The van der Waals surface area contributed by atoms with Crippen LogP contribution in [0.2, 0.25) is 0 Å². The molecule has 2 aromatic rings. The van der Waals surface area contributed by atoms with E-state index in [1.165, 1.54) is 11.1 Å². The predicted molar refractivity (Wildman–Crippen MR) is 79.5 cm³/mol. The second-order valence-electron chi connectivity index (χ2n) is 4.57. The van der Waals surface area contributed by atoms with Gasteiger partial charge in [0, 0.05) is 11.4 Å². The summed E-state index contributed by atoms with van der Waals surface area (Å²) in [5.41, 5.74) is 4.24. The Morgan fingerprint density at radius 2 is 1.68 bits per heavy atom. The van der Waals surface area contributed by atoms with Crippen molar-refractivity contribution in [1.82, 2.24) is 0 Å². The van der Waals surface area contributed by atoms with Crippen LogP contribution >= 0.6 is 0 Å². The van der Waals surface area contributed by atoms with Crippen LogP contribution in [0.1, 0.15) is 11.1 Å². The van der Waals surface area contributed by atoms with Gasteiger partial charge in [-0.05, 0) is 49.2 Å². The molecule has 0 fully saturated rings. The summed E-state index contributed by atoms with van der Waals surface area (Å²) < 4.78 is 0. The van der Waals surface area contributed by atoms with E-state index in [9.17, 15) is 4.79 Å². The van der Waals surface area contributed by atoms with E-state index in [-0.39, 0.29) is 12.5 Å². The van der Waals surface area contributed by atoms with Crippen LogP contribution in [0.5, 0.6) is 0 Å². The van der Waals surface area contributed by atoms with Gasteiger partial charge in [0.05, 0.1) is 6.54 Å². The Kier molecular flexibility index (Phi) is 4.18. The van der Waals surface area contributed by atoms with Crippen LogP contribution < -0.4 is 10.6 Å². The molecule has 0 bridgehead atoms. The smallest absolute Gasteiger partial charge is 0.243 e. The lowest BCUT2D eigenvalue weighted by atomic mass is 10.1. The van der Waals surface area contributed by atoms with E-state index >= 15 is 0 Å². The number of carbonyl (C=O) groups is 1. The molecule has 0 spiro atoms. The van der Waals surface area contributed by atoms with Crippen LogP contribution in [-0.2, 0) is 4.79 Å². The third-order valence-corrected chi connectivity index (χ3v) is 3.02. The summed E-state index contributed by atoms with van der Waals surface area (Å²) in [4.78, 5) is 11.8. The van der Waals surface area contributed by atoms with Gasteiger partial charge in [-0.2, -0.15) is 0 Å². The van der Waals surface area contributed by atoms with Crippen molar-refractivity contribution in [2.24, 2.45) is 0 Å². The van der Waals surface area contributed by atoms with Crippen molar-refractivity contribution in [3.8, 4) is 0 Å². The molecule has 0 radical (unpaired) electrons. The lowest BCUT2D eigenvalue weighted by molar-refractivity contribution is -0.114. The average molecular weight is 254 g/mol. The molecule has 0 saturated carbocycles. The highest BCUT2D eigenvalue weighted by atomic mass is 16.1. The minimum atomic E-state index is -0.0515. The summed E-state index contributed by atoms with van der Waals surface area (Å²) >= 11 is 0. The fourth-order valence-corrected chi connectivity index (χ4v) is 1.76. The van der Waals surface area contributed by atoms with E-state index in [1.807, 2.05) is 48.5 Å². The molecule has 2 N–H and O–H groups in total. The van der Waals surface area contributed by atoms with Gasteiger partial charge in [0.1, 0.15) is 0 Å². The maximum Gasteiger partial charge on any atom is 0.243 e. The average Bonchev–Trinajstić information content (AvgIpc) is 2.41. The van der Waals surface area contributed by atoms with Crippen molar-refractivity contribution in [3.63, 3.8) is 0 Å². The van der Waals surface area contributed by atoms with Gasteiger partial charge < -0.3 is 10.6 Å². The number of nitrogens with one attached hydrogen (secondary N) is 2. The molecule has 0 atom stereocenters. The van der Waals surface area contributed by atoms with Gasteiger partial charge >= 0.3 is 0 Å². The van der Waals surface area contributed by atoms with Crippen LogP contribution in [0.25, 0.3) is 0 Å². The highest BCUT2D eigenvalue weighted by Gasteiger charge is 2.02. The fourth-order valence-electron chi connectivity index (χ4n) is 1.76. The van der Waals surface area contributed by atoms with E-state index in [4.69, 9.17) is 0 Å². The Morgan fingerprint density at radius 3 is 2.37 bits per heavy atom. The number of rotatable bonds is 4. The molecule has 3 nitrogen and oxygen atoms in total. The molecule has 98 valence electrons. The van der Waals surface area contributed by atoms with Gasteiger partial charge in [-0.1, -0.05) is 24.3 Å². The Labute approximate surface area is 113 Å². The Hall–Kier alpha value is -2.29. The lowest BCUT2D eigenvalue weighted by Gasteiger charge is -2.09. The number of amides is 1. The van der Waals surface area contributed by atoms with E-state index in [0.717, 1.165) is 11.4 Å². The maximum absolute atomic E-state index is 11.8. The van der Waals surface area contributed by atoms with Gasteiger partial charge in [-0.15, -0.1) is 0 Å². The zero-order valence-electron chi connectivity index (χ0n) is 11.2. The van der Waals surface area contributed by atoms with Gasteiger partial charge in [0.25, 0.3) is 0 Å². The molecule has 1 amide bonds. The van der Waals surface area contributed by atoms with Gasteiger partial charge in [-0.25, -0.2) is 0 Å². The van der Waals surface area contributed by atoms with Crippen molar-refractivity contribution in [3.05, 3.63) is 59.7 Å². The molecular formula is C16H18N2O. The topological polar surface area (TPSA) is 41.1 Å². The number of anilines is 2. The SMILES string of the molecule is Cc1ccc(NCC(=O)Nc2ccccc2)cc1C. The summed E-state index contributed by atoms with van der Waals surface area (Å²) in [6, 6.07) is 15.5. The predicted octanol–water partition coefficient (Wildman–Crippen LogP) is 3.35. The summed E-state index contributed by atoms with van der Waals surface area (Å²) in [6.07, 6.45) is 0. The number of hydrogen-bond donors (Lipinski definition) is 2. The summed E-state index contributed by atoms with van der Waals surface area (Å²) in [7, 11) is 0. The van der Waals surface area contributed by atoms with Crippen LogP contribution in [0.3, 0.4) is 0 Å². The first-order chi connectivity index (χ1) is 9.15. The third kappa shape index (κ3) is 3.85. The van der Waals surface area contributed by atoms with Crippen LogP contribution in [0.15, 0.2) is 48.5 Å². The quantitative estimate of drug-likeness (QED) is 0.878. The molecule has 2 rings (SSSR count). The highest BCUT2D eigenvalue weighted by molar-refractivity contribution is 5.93. The number of aryl methyl sites for hydroxylation is 2. The standard InChI is InChI=1S/C16H18N2O/c1-12-8-9-15(10-13(12)2)17-11-16(19)18-14-6-4-3-5-7-14/h3-10,17H,11H2,1-2H3,(H,18,19). The largest absolute Gasteiger partial charge is 0.376 e. The highest BCUT2D eigenvalue weighted by Crippen LogP contribution is 2.13. The molecule has 19 heavy (non-hydrogen) atoms. The second-order valence-corrected chi connectivity index (χ2v) is 4.57. The van der Waals surface area contributed by atoms with E-state index in [1.54, 1.807) is 0 Å². The summed E-state index contributed by atoms with van der Waals surface area (Å²) in [5, 5.41) is 5.96. The normalized spacial score (nSPS) is 10.0. The van der Waals surface area contributed by atoms with Crippen LogP contribution in [0.4, 0.5) is 11.4 Å². The second kappa shape index (κ2) is 6.05. The van der Waals surface area contributed by atoms with Gasteiger partial charge in [0.15, 0.2) is 0 Å². The zero-order chi connectivity index (χ0) is 13.7. The molecule has 0 aliphatic rings. The molecule has 0 heterocycles. The molecule has 2 aromatic carbocycles. The fraction of sp³-hybridized carbons (Fsp3) is 0.188. The zero-order valence-corrected chi connectivity index (χ0v) is 11.2. The molecule has 0 unspecified atom stereocenters. The van der Waals surface area contributed by atoms with Crippen molar-refractivity contribution >= 4 is 17.3 Å². The van der Waals surface area contributed by atoms with Gasteiger partial charge in [-0.3, -0.25) is 4.79 Å². The Morgan fingerprint density at radius 1 is 0.947 bits per heavy atom. The van der Waals surface area contributed by atoms with Crippen LogP contribution in [-0.4, -0.2) is 12.5 Å². The van der Waals surface area contributed by atoms with E-state index in [2.05, 4.69) is 24.5 Å². The first kappa shape index (κ1) is 13.1. The Bertz CT molecular complexity index is 564. The van der Waals surface area contributed by atoms with Gasteiger partial charge in [0.2, 0.25) is 5.91 Å². The number of para-hydroxylation sites is 1. The summed E-state index contributed by atoms with van der Waals surface area (Å²) in [6.45, 7) is 4.39. The van der Waals surface area contributed by atoms with Crippen molar-refractivity contribution in [2.75, 3.05) is 17.2 Å². The molecule has 0 aliphatic heterocycles. The van der Waals surface area contributed by atoms with Crippen LogP contribution in [0, 0.1) is 13.8 Å². The van der Waals surface area contributed by atoms with Crippen molar-refractivity contribution in [2.45, 2.75) is 13.8 Å². The minimum absolute atomic E-state index is 0.0515. The van der Waals surface area contributed by atoms with Crippen molar-refractivity contribution in [1.29, 1.82) is 0 Å². The molecular weight excluding hydrogens is 236 g/mol. The molecule has 3 heteroatoms. The van der Waals surface area contributed by atoms with E-state index in [0.29, 0.717) is 0 Å². The first-order valence-electron chi connectivity index (χ1n) is 6.31. The van der Waals surface area contributed by atoms with E-state index < -0.39 is 0 Å². The molecule has 0 aliphatic carbocycles. The van der Waals surface area contributed by atoms with Crippen molar-refractivity contribution < 1.29 is 4.79 Å². The molecule has 0 aromatic heterocycles.